The second kappa shape index (κ2) is 13.1. The minimum absolute atomic E-state index is 0.140. The van der Waals surface area contributed by atoms with E-state index in [1.165, 1.54) is 0 Å². The van der Waals surface area contributed by atoms with Gasteiger partial charge in [0.2, 0.25) is 11.4 Å². The summed E-state index contributed by atoms with van der Waals surface area (Å²) in [6.45, 7) is 0. The van der Waals surface area contributed by atoms with Gasteiger partial charge in [-0.1, -0.05) is 68.6 Å². The maximum Gasteiger partial charge on any atom is 0.359 e. The van der Waals surface area contributed by atoms with Crippen molar-refractivity contribution in [2.24, 2.45) is 0 Å². The van der Waals surface area contributed by atoms with E-state index in [0.29, 0.717) is 22.4 Å². The van der Waals surface area contributed by atoms with Gasteiger partial charge in [0.25, 0.3) is 11.8 Å². The maximum absolute atomic E-state index is 11.5. The summed E-state index contributed by atoms with van der Waals surface area (Å²) < 4.78 is 11.5. The number of hydrogen-bond acceptors (Lipinski definition) is 8. The summed E-state index contributed by atoms with van der Waals surface area (Å²) in [5.41, 5.74) is 5.89. The lowest BCUT2D eigenvalue weighted by Crippen LogP contribution is -2.00. The number of aromatic nitrogens is 8. The molecule has 0 unspecified atom stereocenters. The number of hydrogen-bond donors (Lipinski definition) is 6. The first-order valence-electron chi connectivity index (χ1n) is 15.5. The van der Waals surface area contributed by atoms with Crippen LogP contribution in [0.4, 0.5) is 0 Å². The summed E-state index contributed by atoms with van der Waals surface area (Å²) in [4.78, 5) is 29.3. The molecule has 14 heteroatoms. The zero-order chi connectivity index (χ0) is 35.6. The zero-order valence-corrected chi connectivity index (χ0v) is 26.6. The Balaban J connectivity index is 1.04. The highest BCUT2D eigenvalue weighted by atomic mass is 16.5. The number of nitrogens with one attached hydrogen (secondary N) is 4. The summed E-state index contributed by atoms with van der Waals surface area (Å²) in [6, 6.07) is 26.4. The first-order chi connectivity index (χ1) is 25.4. The van der Waals surface area contributed by atoms with Crippen LogP contribution >= 0.6 is 0 Å². The van der Waals surface area contributed by atoms with Crippen LogP contribution in [0.3, 0.4) is 0 Å². The Morgan fingerprint density at radius 1 is 0.615 bits per heavy atom. The molecule has 0 aliphatic rings. The summed E-state index contributed by atoms with van der Waals surface area (Å²) in [5.74, 6) is 11.0. The molecule has 0 bridgehead atoms. The molecule has 8 rings (SSSR count). The first-order valence-corrected chi connectivity index (χ1v) is 15.5. The lowest BCUT2D eigenvalue weighted by Gasteiger charge is -2.06. The van der Waals surface area contributed by atoms with Crippen molar-refractivity contribution in [1.29, 1.82) is 0 Å². The van der Waals surface area contributed by atoms with Crippen LogP contribution < -0.4 is 9.47 Å². The molecule has 0 amide bonds. The van der Waals surface area contributed by atoms with Gasteiger partial charge in [-0.3, -0.25) is 0 Å². The van der Waals surface area contributed by atoms with Gasteiger partial charge in [-0.15, -0.1) is 0 Å². The predicted molar refractivity (Wildman–Crippen MR) is 187 cm³/mol. The summed E-state index contributed by atoms with van der Waals surface area (Å²) >= 11 is 0. The van der Waals surface area contributed by atoms with E-state index in [2.05, 4.69) is 64.5 Å². The van der Waals surface area contributed by atoms with E-state index < -0.39 is 11.9 Å². The number of carbonyl (C=O) groups is 2. The Hall–Kier alpha value is -8.10. The molecule has 4 heterocycles. The molecular formula is C38H22N8O6. The zero-order valence-electron chi connectivity index (χ0n) is 26.6. The van der Waals surface area contributed by atoms with Gasteiger partial charge in [0, 0.05) is 39.9 Å². The molecule has 6 N–H and O–H groups in total. The fourth-order valence-electron chi connectivity index (χ4n) is 5.53. The molecule has 4 aromatic heterocycles. The molecule has 0 saturated carbocycles. The molecule has 0 saturated heterocycles. The number of benzene rings is 4. The maximum atomic E-state index is 11.5. The van der Waals surface area contributed by atoms with Gasteiger partial charge in [0.1, 0.15) is 11.5 Å². The molecule has 0 atom stereocenters. The van der Waals surface area contributed by atoms with E-state index in [1.54, 1.807) is 36.7 Å². The third-order valence-corrected chi connectivity index (χ3v) is 7.94. The molecule has 8 aromatic rings. The monoisotopic (exact) mass is 686 g/mol. The third-order valence-electron chi connectivity index (χ3n) is 7.94. The van der Waals surface area contributed by atoms with Crippen LogP contribution in [0.1, 0.15) is 43.2 Å². The van der Waals surface area contributed by atoms with Crippen molar-refractivity contribution >= 4 is 33.7 Å². The fraction of sp³-hybridized carbons (Fsp3) is 0. The minimum Gasteiger partial charge on any atom is -0.476 e. The molecule has 4 aromatic carbocycles. The van der Waals surface area contributed by atoms with Gasteiger partial charge in [-0.25, -0.2) is 19.8 Å². The molecule has 52 heavy (non-hydrogen) atoms. The third kappa shape index (κ3) is 6.13. The smallest absolute Gasteiger partial charge is 0.359 e. The number of aromatic amines is 4. The average molecular weight is 687 g/mol. The van der Waals surface area contributed by atoms with Crippen molar-refractivity contribution in [3.8, 4) is 58.1 Å². The Morgan fingerprint density at radius 2 is 1.23 bits per heavy atom. The summed E-state index contributed by atoms with van der Waals surface area (Å²) in [7, 11) is 0. The topological polar surface area (TPSA) is 208 Å². The number of fused-ring (bicyclic) bond motifs is 2. The predicted octanol–water partition coefficient (Wildman–Crippen LogP) is 6.33. The van der Waals surface area contributed by atoms with Crippen LogP contribution in [0.2, 0.25) is 0 Å². The van der Waals surface area contributed by atoms with Crippen molar-refractivity contribution in [1.82, 2.24) is 40.8 Å². The molecule has 250 valence electrons. The van der Waals surface area contributed by atoms with Crippen molar-refractivity contribution in [2.75, 3.05) is 0 Å². The SMILES string of the molecule is O=C(O)c1[nH]nnc1Oc1cc(C#Cc2cccc(-c3cccc(C#Cc4ccc(Oc5nn[nH]c5C(=O)O)c5cc[nH]c45)c3)c2)c2[nH]ccc2c1. The van der Waals surface area contributed by atoms with Crippen LogP contribution in [-0.4, -0.2) is 62.9 Å². The van der Waals surface area contributed by atoms with Crippen LogP contribution in [-0.2, 0) is 0 Å². The van der Waals surface area contributed by atoms with Gasteiger partial charge < -0.3 is 29.7 Å². The van der Waals surface area contributed by atoms with E-state index >= 15 is 0 Å². The van der Waals surface area contributed by atoms with Crippen LogP contribution in [0.25, 0.3) is 32.9 Å². The highest BCUT2D eigenvalue weighted by molar-refractivity contribution is 5.92. The average Bonchev–Trinajstić information content (AvgIpc) is 3.98. The van der Waals surface area contributed by atoms with E-state index in [1.807, 2.05) is 60.7 Å². The Labute approximate surface area is 292 Å². The highest BCUT2D eigenvalue weighted by Crippen LogP contribution is 2.32. The van der Waals surface area contributed by atoms with Gasteiger partial charge in [0.15, 0.2) is 0 Å². The van der Waals surface area contributed by atoms with Crippen molar-refractivity contribution in [2.45, 2.75) is 0 Å². The number of rotatable bonds is 7. The first kappa shape index (κ1) is 31.2. The van der Waals surface area contributed by atoms with E-state index in [9.17, 15) is 19.8 Å². The van der Waals surface area contributed by atoms with Crippen molar-refractivity contribution < 1.29 is 29.3 Å². The van der Waals surface area contributed by atoms with Gasteiger partial charge in [0.05, 0.1) is 16.6 Å². The molecule has 0 fully saturated rings. The van der Waals surface area contributed by atoms with E-state index in [0.717, 1.165) is 44.2 Å². The largest absolute Gasteiger partial charge is 0.476 e. The van der Waals surface area contributed by atoms with E-state index in [-0.39, 0.29) is 23.1 Å². The van der Waals surface area contributed by atoms with Gasteiger partial charge in [-0.2, -0.15) is 0 Å². The minimum atomic E-state index is -1.24. The number of H-pyrrole nitrogens is 4. The van der Waals surface area contributed by atoms with Gasteiger partial charge in [-0.05, 0) is 71.8 Å². The summed E-state index contributed by atoms with van der Waals surface area (Å²) in [6.07, 6.45) is 3.54. The second-order valence-electron chi connectivity index (χ2n) is 11.3. The van der Waals surface area contributed by atoms with Gasteiger partial charge >= 0.3 is 11.9 Å². The number of carboxylic acid groups (broad SMARTS) is 2. The Bertz CT molecular complexity index is 2800. The van der Waals surface area contributed by atoms with Crippen molar-refractivity contribution in [3.63, 3.8) is 0 Å². The molecule has 0 aliphatic carbocycles. The normalized spacial score (nSPS) is 10.7. The van der Waals surface area contributed by atoms with Crippen LogP contribution in [0.5, 0.6) is 23.3 Å². The Kier molecular flexibility index (Phi) is 7.84. The quantitative estimate of drug-likeness (QED) is 0.103. The molecule has 0 spiro atoms. The molecule has 14 nitrogen and oxygen atoms in total. The lowest BCUT2D eigenvalue weighted by molar-refractivity contribution is 0.0676. The number of aromatic carboxylic acids is 2. The fourth-order valence-corrected chi connectivity index (χ4v) is 5.53. The molecule has 0 aliphatic heterocycles. The van der Waals surface area contributed by atoms with Crippen molar-refractivity contribution in [3.05, 3.63) is 131 Å². The van der Waals surface area contributed by atoms with Crippen LogP contribution in [0, 0.1) is 23.7 Å². The van der Waals surface area contributed by atoms with E-state index in [4.69, 9.17) is 9.47 Å². The molecular weight excluding hydrogens is 664 g/mol. The number of carboxylic acids is 2. The summed E-state index contributed by atoms with van der Waals surface area (Å²) in [5, 5.41) is 39.4. The second-order valence-corrected chi connectivity index (χ2v) is 11.3. The van der Waals surface area contributed by atoms with Crippen LogP contribution in [0.15, 0.2) is 97.3 Å². The molecule has 0 radical (unpaired) electrons. The lowest BCUT2D eigenvalue weighted by atomic mass is 10.0. The number of ether oxygens (including phenoxy) is 2. The number of nitrogens with zero attached hydrogens (tertiary/aromatic N) is 4. The standard InChI is InChI=1S/C38H22N8O6/c47-37(48)33-35(43-45-41-33)51-28-19-26(31-27(20-28)13-15-39-31)10-8-22-4-2-6-25(18-22)24-5-1-3-21(17-24)7-9-23-11-12-30(29-14-16-40-32(23)29)52-36-34(38(49)50)42-46-44-36/h1-6,11-20,39-40H,(H,47,48)(H,49,50)(H,41,43,45)(H,42,44,46). The Morgan fingerprint density at radius 3 is 1.90 bits per heavy atom. The highest BCUT2D eigenvalue weighted by Gasteiger charge is 2.19.